The molecule has 1 aliphatic heterocycles. The number of nitriles is 1. The molecule has 202 valence electrons. The van der Waals surface area contributed by atoms with E-state index in [0.29, 0.717) is 30.2 Å². The summed E-state index contributed by atoms with van der Waals surface area (Å²) in [5.74, 6) is -0.977. The predicted molar refractivity (Wildman–Crippen MR) is 125 cm³/mol. The van der Waals surface area contributed by atoms with Crippen molar-refractivity contribution in [2.24, 2.45) is 5.41 Å². The fourth-order valence-electron chi connectivity index (χ4n) is 4.96. The smallest absolute Gasteiger partial charge is 0.336 e. The number of nitrogens with one attached hydrogen (secondary N) is 1. The van der Waals surface area contributed by atoms with Crippen molar-refractivity contribution in [3.05, 3.63) is 35.9 Å². The summed E-state index contributed by atoms with van der Waals surface area (Å²) in [6.07, 6.45) is -5.27. The maximum atomic E-state index is 13.7. The highest BCUT2D eigenvalue weighted by molar-refractivity contribution is 7.92. The fraction of sp³-hybridized carbons (Fsp3) is 0.542. The first-order valence-corrected chi connectivity index (χ1v) is 13.6. The molecule has 2 unspecified atom stereocenters. The molecule has 0 spiro atoms. The molecular weight excluding hydrogens is 525 g/mol. The van der Waals surface area contributed by atoms with E-state index in [0.717, 1.165) is 4.90 Å². The quantitative estimate of drug-likeness (QED) is 0.582. The maximum absolute atomic E-state index is 13.7. The Balaban J connectivity index is 1.43. The van der Waals surface area contributed by atoms with Crippen LogP contribution in [0.1, 0.15) is 43.8 Å². The maximum Gasteiger partial charge on any atom is 0.403 e. The number of halogens is 3. The molecular formula is C24H25F3N6O4S. The van der Waals surface area contributed by atoms with Gasteiger partial charge < -0.3 is 10.2 Å². The number of carbonyl (C=O) groups is 2. The molecule has 2 heterocycles. The van der Waals surface area contributed by atoms with Crippen molar-refractivity contribution in [3.63, 3.8) is 0 Å². The second kappa shape index (κ2) is 8.52. The van der Waals surface area contributed by atoms with Crippen molar-refractivity contribution in [1.82, 2.24) is 25.0 Å². The number of aryl methyl sites for hydroxylation is 2. The van der Waals surface area contributed by atoms with E-state index in [2.05, 4.69) is 15.4 Å². The Morgan fingerprint density at radius 3 is 2.24 bits per heavy atom. The Morgan fingerprint density at radius 2 is 1.76 bits per heavy atom. The summed E-state index contributed by atoms with van der Waals surface area (Å²) in [4.78, 5) is 31.1. The number of hydrogen-bond donors (Lipinski definition) is 1. The Hall–Kier alpha value is -3.47. The van der Waals surface area contributed by atoms with Gasteiger partial charge in [-0.2, -0.15) is 23.5 Å². The highest BCUT2D eigenvalue weighted by Crippen LogP contribution is 2.59. The van der Waals surface area contributed by atoms with Crippen LogP contribution in [0.2, 0.25) is 0 Å². The molecule has 1 N–H and O–H groups in total. The van der Waals surface area contributed by atoms with Gasteiger partial charge in [-0.3, -0.25) is 9.59 Å². The Morgan fingerprint density at radius 1 is 1.13 bits per heavy atom. The number of nitrogens with zero attached hydrogens (tertiary/aromatic N) is 5. The molecule has 1 saturated heterocycles. The van der Waals surface area contributed by atoms with E-state index in [1.165, 1.54) is 28.9 Å². The molecule has 3 aliphatic rings. The third-order valence-electron chi connectivity index (χ3n) is 7.58. The average Bonchev–Trinajstić information content (AvgIpc) is 3.75. The third-order valence-corrected chi connectivity index (χ3v) is 9.73. The van der Waals surface area contributed by atoms with Crippen molar-refractivity contribution in [2.45, 2.75) is 73.9 Å². The van der Waals surface area contributed by atoms with Gasteiger partial charge in [0.2, 0.25) is 11.8 Å². The van der Waals surface area contributed by atoms with Crippen LogP contribution in [0, 0.1) is 30.6 Å². The first-order valence-electron chi connectivity index (χ1n) is 12.1. The lowest BCUT2D eigenvalue weighted by Gasteiger charge is -2.29. The molecule has 2 atom stereocenters. The number of benzene rings is 1. The summed E-state index contributed by atoms with van der Waals surface area (Å²) >= 11 is 0. The zero-order valence-corrected chi connectivity index (χ0v) is 21.4. The van der Waals surface area contributed by atoms with E-state index in [1.54, 1.807) is 13.8 Å². The molecule has 0 radical (unpaired) electrons. The van der Waals surface area contributed by atoms with Crippen LogP contribution in [-0.2, 0) is 19.4 Å². The van der Waals surface area contributed by atoms with Crippen molar-refractivity contribution < 1.29 is 31.2 Å². The Bertz CT molecular complexity index is 1450. The van der Waals surface area contributed by atoms with Gasteiger partial charge >= 0.3 is 6.18 Å². The highest BCUT2D eigenvalue weighted by Gasteiger charge is 2.70. The van der Waals surface area contributed by atoms with Crippen LogP contribution in [0.4, 0.5) is 13.2 Å². The monoisotopic (exact) mass is 550 g/mol. The molecule has 10 nitrogen and oxygen atoms in total. The van der Waals surface area contributed by atoms with Crippen LogP contribution in [-0.4, -0.2) is 69.4 Å². The number of hydrogen-bond acceptors (Lipinski definition) is 7. The van der Waals surface area contributed by atoms with Gasteiger partial charge in [0.25, 0.3) is 0 Å². The lowest BCUT2D eigenvalue weighted by Crippen LogP contribution is -2.53. The van der Waals surface area contributed by atoms with E-state index in [4.69, 9.17) is 0 Å². The van der Waals surface area contributed by atoms with Gasteiger partial charge in [0.05, 0.1) is 21.9 Å². The minimum atomic E-state index is -4.82. The molecule has 2 amide bonds. The third kappa shape index (κ3) is 4.22. The number of alkyl halides is 3. The van der Waals surface area contributed by atoms with Crippen molar-refractivity contribution in [2.75, 3.05) is 6.54 Å². The van der Waals surface area contributed by atoms with Gasteiger partial charge in [-0.05, 0) is 70.2 Å². The minimum Gasteiger partial charge on any atom is -0.336 e. The number of amides is 2. The summed E-state index contributed by atoms with van der Waals surface area (Å²) in [5.41, 5.74) is -3.17. The summed E-state index contributed by atoms with van der Waals surface area (Å²) in [5, 5.41) is 14.8. The molecule has 2 aliphatic carbocycles. The Kier molecular flexibility index (Phi) is 5.86. The van der Waals surface area contributed by atoms with Crippen LogP contribution < -0.4 is 5.32 Å². The predicted octanol–water partition coefficient (Wildman–Crippen LogP) is 2.14. The Labute approximate surface area is 216 Å². The number of likely N-dealkylation sites (tertiary alicyclic amines) is 1. The molecule has 2 saturated carbocycles. The highest BCUT2D eigenvalue weighted by atomic mass is 32.2. The van der Waals surface area contributed by atoms with Gasteiger partial charge in [-0.15, -0.1) is 0 Å². The molecule has 3 fully saturated rings. The van der Waals surface area contributed by atoms with Crippen molar-refractivity contribution in [1.29, 1.82) is 5.26 Å². The number of sulfone groups is 1. The van der Waals surface area contributed by atoms with E-state index >= 15 is 0 Å². The average molecular weight is 551 g/mol. The van der Waals surface area contributed by atoms with Crippen molar-refractivity contribution >= 4 is 21.7 Å². The number of carbonyl (C=O) groups excluding carboxylic acids is 2. The molecule has 2 aromatic rings. The minimum absolute atomic E-state index is 0.0955. The van der Waals surface area contributed by atoms with Crippen LogP contribution in [0.5, 0.6) is 0 Å². The van der Waals surface area contributed by atoms with Crippen LogP contribution in [0.3, 0.4) is 0 Å². The summed E-state index contributed by atoms with van der Waals surface area (Å²) in [6.45, 7) is 2.90. The lowest BCUT2D eigenvalue weighted by molar-refractivity contribution is -0.199. The zero-order valence-electron chi connectivity index (χ0n) is 20.6. The van der Waals surface area contributed by atoms with Crippen LogP contribution >= 0.6 is 0 Å². The largest absolute Gasteiger partial charge is 0.403 e. The standard InChI is InChI=1S/C24H25F3N6O4S/c1-14-29-15(2)33(31-14)16-3-5-17(6-4-16)38(36,37)18-11-19(20(34)30-22(13-28)7-8-22)32(12-18)21(35)23(9-10-23)24(25,26)27/h3-6,18-19H,7-12H2,1-2H3,(H,30,34). The van der Waals surface area contributed by atoms with Gasteiger partial charge in [0.1, 0.15) is 28.6 Å². The molecule has 5 rings (SSSR count). The number of rotatable bonds is 6. The summed E-state index contributed by atoms with van der Waals surface area (Å²) in [7, 11) is -4.14. The van der Waals surface area contributed by atoms with Crippen LogP contribution in [0.25, 0.3) is 5.69 Å². The van der Waals surface area contributed by atoms with Gasteiger partial charge in [0.15, 0.2) is 9.84 Å². The SMILES string of the molecule is Cc1nc(C)n(-c2ccc(S(=O)(=O)C3CC(C(=O)NC4(C#N)CC4)N(C(=O)C4(C(F)(F)F)CC4)C3)cc2)n1. The summed E-state index contributed by atoms with van der Waals surface area (Å²) in [6, 6.07) is 6.30. The molecule has 1 aromatic heterocycles. The number of aromatic nitrogens is 3. The van der Waals surface area contributed by atoms with Crippen molar-refractivity contribution in [3.8, 4) is 11.8 Å². The molecule has 0 bridgehead atoms. The molecule has 1 aromatic carbocycles. The topological polar surface area (TPSA) is 138 Å². The van der Waals surface area contributed by atoms with Gasteiger partial charge in [-0.25, -0.2) is 18.1 Å². The van der Waals surface area contributed by atoms with E-state index in [9.17, 15) is 36.4 Å². The van der Waals surface area contributed by atoms with E-state index in [1.807, 2.05) is 6.07 Å². The molecule has 38 heavy (non-hydrogen) atoms. The zero-order chi connectivity index (χ0) is 27.7. The first kappa shape index (κ1) is 26.1. The second-order valence-corrected chi connectivity index (χ2v) is 12.5. The van der Waals surface area contributed by atoms with Gasteiger partial charge in [0, 0.05) is 6.54 Å². The van der Waals surface area contributed by atoms with E-state index in [-0.39, 0.29) is 11.3 Å². The molecule has 14 heteroatoms. The second-order valence-electron chi connectivity index (χ2n) is 10.3. The van der Waals surface area contributed by atoms with E-state index < -0.39 is 69.5 Å². The fourth-order valence-corrected chi connectivity index (χ4v) is 6.65. The summed E-state index contributed by atoms with van der Waals surface area (Å²) < 4.78 is 69.8. The lowest BCUT2D eigenvalue weighted by atomic mass is 10.0. The van der Waals surface area contributed by atoms with Gasteiger partial charge in [-0.1, -0.05) is 0 Å². The van der Waals surface area contributed by atoms with Crippen LogP contribution in [0.15, 0.2) is 29.2 Å². The first-order chi connectivity index (χ1) is 17.7. The normalized spacial score (nSPS) is 23.5.